The van der Waals surface area contributed by atoms with Gasteiger partial charge in [0, 0.05) is 42.2 Å². The summed E-state index contributed by atoms with van der Waals surface area (Å²) in [4.78, 5) is 42.1. The van der Waals surface area contributed by atoms with E-state index in [1.165, 1.54) is 12.1 Å². The number of aromatic nitrogens is 1. The number of phenols is 1. The molecule has 50 heavy (non-hydrogen) atoms. The van der Waals surface area contributed by atoms with Crippen LogP contribution < -0.4 is 15.6 Å². The van der Waals surface area contributed by atoms with Crippen LogP contribution in [0.5, 0.6) is 11.5 Å². The van der Waals surface area contributed by atoms with Crippen LogP contribution in [0.15, 0.2) is 94.4 Å². The van der Waals surface area contributed by atoms with Gasteiger partial charge in [0.05, 0.1) is 23.6 Å². The highest BCUT2D eigenvalue weighted by Crippen LogP contribution is 2.38. The fraction of sp³-hybridized carbons (Fsp3) is 0.308. The summed E-state index contributed by atoms with van der Waals surface area (Å²) in [6, 6.07) is 22.9. The number of nitrogens with zero attached hydrogens (tertiary/aromatic N) is 1. The molecule has 0 aliphatic carbocycles. The minimum absolute atomic E-state index is 0.0392. The Balaban J connectivity index is 0.993. The van der Waals surface area contributed by atoms with E-state index < -0.39 is 17.5 Å². The van der Waals surface area contributed by atoms with E-state index in [4.69, 9.17) is 4.74 Å². The van der Waals surface area contributed by atoms with Gasteiger partial charge in [0.2, 0.25) is 5.56 Å². The smallest absolute Gasteiger partial charge is 0.314 e. The molecule has 6 rings (SSSR count). The summed E-state index contributed by atoms with van der Waals surface area (Å²) >= 11 is 1.57. The molecule has 1 saturated heterocycles. The van der Waals surface area contributed by atoms with Gasteiger partial charge in [-0.15, -0.1) is 0 Å². The summed E-state index contributed by atoms with van der Waals surface area (Å²) in [5.41, 5.74) is 2.76. The normalized spacial score (nSPS) is 14.8. The number of nitrogens with one attached hydrogen (secondary N) is 2. The van der Waals surface area contributed by atoms with E-state index in [1.54, 1.807) is 34.4 Å². The molecule has 1 atom stereocenters. The summed E-state index contributed by atoms with van der Waals surface area (Å²) in [5, 5.41) is 38.9. The first-order valence-corrected chi connectivity index (χ1v) is 17.8. The van der Waals surface area contributed by atoms with Crippen molar-refractivity contribution in [2.45, 2.75) is 43.6 Å². The number of aliphatic hydroxyl groups is 1. The summed E-state index contributed by atoms with van der Waals surface area (Å²) in [6.45, 7) is 2.25. The van der Waals surface area contributed by atoms with Crippen LogP contribution in [0.1, 0.15) is 59.7 Å². The molecular weight excluding hydrogens is 655 g/mol. The maximum Gasteiger partial charge on any atom is 0.314 e. The van der Waals surface area contributed by atoms with E-state index in [1.807, 2.05) is 59.3 Å². The number of phenolic OH excluding ortho intramolecular Hbond substituents is 1. The minimum Gasteiger partial charge on any atom is -0.506 e. The molecule has 1 unspecified atom stereocenters. The lowest BCUT2D eigenvalue weighted by molar-refractivity contribution is -0.145. The summed E-state index contributed by atoms with van der Waals surface area (Å²) in [7, 11) is 0. The van der Waals surface area contributed by atoms with Gasteiger partial charge < -0.3 is 35.3 Å². The van der Waals surface area contributed by atoms with Crippen molar-refractivity contribution in [1.82, 2.24) is 15.2 Å². The van der Waals surface area contributed by atoms with Crippen LogP contribution in [0.3, 0.4) is 0 Å². The van der Waals surface area contributed by atoms with Gasteiger partial charge in [-0.2, -0.15) is 11.3 Å². The largest absolute Gasteiger partial charge is 0.506 e. The topological polar surface area (TPSA) is 152 Å². The highest BCUT2D eigenvalue weighted by atomic mass is 32.1. The Kier molecular flexibility index (Phi) is 11.0. The van der Waals surface area contributed by atoms with Gasteiger partial charge in [-0.05, 0) is 102 Å². The number of fused-ring (bicyclic) bond motifs is 1. The summed E-state index contributed by atoms with van der Waals surface area (Å²) in [5.74, 6) is -0.308. The van der Waals surface area contributed by atoms with Gasteiger partial charge >= 0.3 is 5.97 Å². The lowest BCUT2D eigenvalue weighted by atomic mass is 9.72. The van der Waals surface area contributed by atoms with E-state index in [2.05, 4.69) is 10.3 Å². The lowest BCUT2D eigenvalue weighted by Gasteiger charge is -2.39. The van der Waals surface area contributed by atoms with Crippen molar-refractivity contribution in [3.8, 4) is 22.6 Å². The number of amides is 1. The van der Waals surface area contributed by atoms with Crippen LogP contribution in [0.4, 0.5) is 0 Å². The third-order valence-corrected chi connectivity index (χ3v) is 10.2. The minimum atomic E-state index is -0.998. The van der Waals surface area contributed by atoms with Crippen molar-refractivity contribution in [2.75, 3.05) is 32.8 Å². The first-order chi connectivity index (χ1) is 24.3. The average molecular weight is 696 g/mol. The maximum atomic E-state index is 13.6. The number of piperidine rings is 1. The van der Waals surface area contributed by atoms with Crippen molar-refractivity contribution < 1.29 is 29.6 Å². The van der Waals surface area contributed by atoms with E-state index in [0.29, 0.717) is 73.4 Å². The lowest BCUT2D eigenvalue weighted by Crippen LogP contribution is -2.49. The predicted octanol–water partition coefficient (Wildman–Crippen LogP) is 6.09. The number of carbonyl (C=O) groups excluding carboxylic acids is 1. The number of aliphatic carboxylic acids is 1. The number of likely N-dealkylation sites (tertiary alicyclic amines) is 1. The second-order valence-electron chi connectivity index (χ2n) is 12.7. The molecule has 1 aliphatic rings. The molecule has 0 saturated carbocycles. The molecule has 3 aromatic carbocycles. The van der Waals surface area contributed by atoms with Gasteiger partial charge in [-0.3, -0.25) is 14.4 Å². The number of aromatic amines is 1. The van der Waals surface area contributed by atoms with Gasteiger partial charge in [0.15, 0.2) is 0 Å². The quantitative estimate of drug-likeness (QED) is 0.0876. The number of aromatic hydroxyl groups is 1. The Morgan fingerprint density at radius 2 is 1.78 bits per heavy atom. The first-order valence-electron chi connectivity index (χ1n) is 16.9. The van der Waals surface area contributed by atoms with Crippen molar-refractivity contribution in [1.29, 1.82) is 0 Å². The standard InChI is InChI=1S/C39H41N3O7S/c43-32-12-10-29(30-11-14-35(45)41-36(30)32)33(44)24-40-18-5-2-6-21-49-34-13-9-26(23-31(34)27-15-22-50-25-27)37(46)42-19-16-39(17-20-42,38(47)48)28-7-3-1-4-8-28/h1,3-4,7-15,22-23,25,33,40,43-44H,2,5-6,16-21,24H2,(H,41,45)(H,47,48). The zero-order valence-electron chi connectivity index (χ0n) is 27.6. The summed E-state index contributed by atoms with van der Waals surface area (Å²) < 4.78 is 6.21. The molecule has 0 bridgehead atoms. The summed E-state index contributed by atoms with van der Waals surface area (Å²) in [6.07, 6.45) is 2.52. The van der Waals surface area contributed by atoms with Gasteiger partial charge in [0.25, 0.3) is 5.91 Å². The molecule has 5 aromatic rings. The molecule has 10 nitrogen and oxygen atoms in total. The van der Waals surface area contributed by atoms with Crippen molar-refractivity contribution in [3.05, 3.63) is 117 Å². The van der Waals surface area contributed by atoms with Gasteiger partial charge in [-0.1, -0.05) is 36.4 Å². The molecule has 0 spiro atoms. The van der Waals surface area contributed by atoms with Crippen LogP contribution >= 0.6 is 11.3 Å². The van der Waals surface area contributed by atoms with Gasteiger partial charge in [-0.25, -0.2) is 0 Å². The zero-order valence-corrected chi connectivity index (χ0v) is 28.5. The van der Waals surface area contributed by atoms with Crippen molar-refractivity contribution in [3.63, 3.8) is 0 Å². The van der Waals surface area contributed by atoms with Crippen LogP contribution in [-0.2, 0) is 10.2 Å². The molecule has 2 aromatic heterocycles. The number of aliphatic hydroxyl groups excluding tert-OH is 1. The fourth-order valence-corrected chi connectivity index (χ4v) is 7.35. The van der Waals surface area contributed by atoms with E-state index in [9.17, 15) is 29.7 Å². The van der Waals surface area contributed by atoms with Gasteiger partial charge in [0.1, 0.15) is 11.5 Å². The Morgan fingerprint density at radius 1 is 0.980 bits per heavy atom. The Hall–Kier alpha value is -4.97. The van der Waals surface area contributed by atoms with Crippen LogP contribution in [0.25, 0.3) is 22.0 Å². The molecule has 5 N–H and O–H groups in total. The van der Waals surface area contributed by atoms with E-state index in [0.717, 1.165) is 36.0 Å². The zero-order chi connectivity index (χ0) is 35.1. The third-order valence-electron chi connectivity index (χ3n) is 9.56. The number of unbranched alkanes of at least 4 members (excludes halogenated alkanes) is 2. The molecule has 260 valence electrons. The SMILES string of the molecule is O=C(c1ccc(OCCCCCNCC(O)c2ccc(O)c3[nH]c(=O)ccc23)c(-c2ccsc2)c1)N1CCC(C(=O)O)(c2ccccc2)CC1. The van der Waals surface area contributed by atoms with E-state index >= 15 is 0 Å². The Morgan fingerprint density at radius 3 is 2.52 bits per heavy atom. The first kappa shape index (κ1) is 34.9. The van der Waals surface area contributed by atoms with Crippen LogP contribution in [0.2, 0.25) is 0 Å². The molecule has 11 heteroatoms. The number of ether oxygens (including phenoxy) is 1. The Bertz CT molecular complexity index is 1990. The monoisotopic (exact) mass is 695 g/mol. The molecular formula is C39H41N3O7S. The van der Waals surface area contributed by atoms with Crippen molar-refractivity contribution in [2.24, 2.45) is 0 Å². The molecule has 1 amide bonds. The number of rotatable bonds is 14. The number of thiophene rings is 1. The number of pyridine rings is 1. The molecule has 0 radical (unpaired) electrons. The fourth-order valence-electron chi connectivity index (χ4n) is 6.70. The molecule has 1 fully saturated rings. The number of hydrogen-bond donors (Lipinski definition) is 5. The van der Waals surface area contributed by atoms with Crippen LogP contribution in [-0.4, -0.2) is 69.9 Å². The number of benzene rings is 3. The predicted molar refractivity (Wildman–Crippen MR) is 194 cm³/mol. The number of H-pyrrole nitrogens is 1. The van der Waals surface area contributed by atoms with Crippen molar-refractivity contribution >= 4 is 34.1 Å². The second kappa shape index (κ2) is 15.7. The average Bonchev–Trinajstić information content (AvgIpc) is 3.68. The maximum absolute atomic E-state index is 13.6. The van der Waals surface area contributed by atoms with E-state index in [-0.39, 0.29) is 17.2 Å². The molecule has 1 aliphatic heterocycles. The number of carboxylic acid groups (broad SMARTS) is 1. The number of hydrogen-bond acceptors (Lipinski definition) is 8. The van der Waals surface area contributed by atoms with Crippen LogP contribution in [0, 0.1) is 0 Å². The second-order valence-corrected chi connectivity index (χ2v) is 13.5. The highest BCUT2D eigenvalue weighted by molar-refractivity contribution is 7.08. The molecule has 3 heterocycles. The number of carboxylic acids is 1. The Labute approximate surface area is 294 Å². The third kappa shape index (κ3) is 7.60. The number of carbonyl (C=O) groups is 2. The highest BCUT2D eigenvalue weighted by Gasteiger charge is 2.44.